The number of hydrogen-bond acceptors (Lipinski definition) is 6. The van der Waals surface area contributed by atoms with Gasteiger partial charge >= 0.3 is 5.69 Å². The number of nitrogens with one attached hydrogen (secondary N) is 1. The summed E-state index contributed by atoms with van der Waals surface area (Å²) in [5.74, 6) is 0.775. The largest absolute Gasteiger partial charge is 0.379 e. The van der Waals surface area contributed by atoms with Crippen molar-refractivity contribution in [2.75, 3.05) is 11.9 Å². The van der Waals surface area contributed by atoms with E-state index in [-0.39, 0.29) is 11.3 Å². The van der Waals surface area contributed by atoms with Crippen LogP contribution < -0.4 is 5.32 Å². The predicted octanol–water partition coefficient (Wildman–Crippen LogP) is 1.25. The molecule has 0 spiro atoms. The highest BCUT2D eigenvalue weighted by atomic mass is 16.6. The van der Waals surface area contributed by atoms with Gasteiger partial charge in [0.1, 0.15) is 29.5 Å². The van der Waals surface area contributed by atoms with E-state index in [0.717, 1.165) is 5.82 Å². The van der Waals surface area contributed by atoms with Crippen molar-refractivity contribution in [2.24, 2.45) is 7.05 Å². The van der Waals surface area contributed by atoms with Crippen LogP contribution in [0.1, 0.15) is 11.4 Å². The molecule has 0 atom stereocenters. The third-order valence-corrected chi connectivity index (χ3v) is 2.81. The Balaban J connectivity index is 2.12. The fourth-order valence-corrected chi connectivity index (χ4v) is 1.82. The lowest BCUT2D eigenvalue weighted by atomic mass is 10.1. The number of nitrogens with zero attached hydrogens (tertiary/aromatic N) is 5. The van der Waals surface area contributed by atoms with Crippen molar-refractivity contribution in [2.45, 2.75) is 6.42 Å². The van der Waals surface area contributed by atoms with Crippen molar-refractivity contribution in [3.63, 3.8) is 0 Å². The van der Waals surface area contributed by atoms with Gasteiger partial charge in [-0.2, -0.15) is 5.26 Å². The molecule has 0 amide bonds. The molecule has 0 saturated carbocycles. The summed E-state index contributed by atoms with van der Waals surface area (Å²) in [6, 6.07) is 6.43. The molecule has 20 heavy (non-hydrogen) atoms. The molecule has 0 aliphatic heterocycles. The fourth-order valence-electron chi connectivity index (χ4n) is 1.82. The number of nitro groups is 1. The smallest absolute Gasteiger partial charge is 0.309 e. The Morgan fingerprint density at radius 3 is 2.95 bits per heavy atom. The Kier molecular flexibility index (Phi) is 3.91. The number of nitriles is 1. The van der Waals surface area contributed by atoms with Gasteiger partial charge in [0.25, 0.3) is 0 Å². The Bertz CT molecular complexity index is 673. The number of hydrogen-bond donors (Lipinski definition) is 1. The van der Waals surface area contributed by atoms with E-state index >= 15 is 0 Å². The maximum absolute atomic E-state index is 11.0. The Labute approximate surface area is 114 Å². The molecule has 1 aromatic carbocycles. The number of aryl methyl sites for hydroxylation is 1. The predicted molar refractivity (Wildman–Crippen MR) is 71.0 cm³/mol. The van der Waals surface area contributed by atoms with E-state index in [0.29, 0.717) is 18.7 Å². The highest BCUT2D eigenvalue weighted by molar-refractivity contribution is 5.68. The summed E-state index contributed by atoms with van der Waals surface area (Å²) in [5.41, 5.74) is 0.169. The number of benzene rings is 1. The van der Waals surface area contributed by atoms with E-state index < -0.39 is 4.92 Å². The standard InChI is InChI=1S/C12H12N6O2/c1-17-8-15-16-11(17)5-6-14-10-4-2-3-9(7-13)12(10)18(19)20/h2-4,8,14H,5-6H2,1H3. The first-order chi connectivity index (χ1) is 9.63. The minimum atomic E-state index is -0.552. The third-order valence-electron chi connectivity index (χ3n) is 2.81. The van der Waals surface area contributed by atoms with Crippen LogP contribution in [0.25, 0.3) is 0 Å². The van der Waals surface area contributed by atoms with Gasteiger partial charge in [-0.3, -0.25) is 10.1 Å². The number of rotatable bonds is 5. The number of para-hydroxylation sites is 1. The molecule has 2 rings (SSSR count). The Hall–Kier alpha value is -2.95. The van der Waals surface area contributed by atoms with Crippen molar-refractivity contribution in [3.05, 3.63) is 46.0 Å². The van der Waals surface area contributed by atoms with Crippen molar-refractivity contribution in [1.82, 2.24) is 14.8 Å². The van der Waals surface area contributed by atoms with Gasteiger partial charge in [0.05, 0.1) is 4.92 Å². The highest BCUT2D eigenvalue weighted by Gasteiger charge is 2.19. The number of anilines is 1. The molecular weight excluding hydrogens is 260 g/mol. The van der Waals surface area contributed by atoms with E-state index in [4.69, 9.17) is 5.26 Å². The molecule has 0 unspecified atom stereocenters. The first-order valence-corrected chi connectivity index (χ1v) is 5.87. The van der Waals surface area contributed by atoms with Gasteiger partial charge in [-0.15, -0.1) is 10.2 Å². The van der Waals surface area contributed by atoms with Gasteiger partial charge in [-0.1, -0.05) is 6.07 Å². The van der Waals surface area contributed by atoms with Crippen molar-refractivity contribution in [3.8, 4) is 6.07 Å². The number of nitro benzene ring substituents is 1. The fraction of sp³-hybridized carbons (Fsp3) is 0.250. The van der Waals surface area contributed by atoms with Gasteiger partial charge in [-0.05, 0) is 12.1 Å². The summed E-state index contributed by atoms with van der Waals surface area (Å²) in [4.78, 5) is 10.5. The Morgan fingerprint density at radius 2 is 2.35 bits per heavy atom. The Morgan fingerprint density at radius 1 is 1.55 bits per heavy atom. The van der Waals surface area contributed by atoms with Crippen LogP contribution in [0.15, 0.2) is 24.5 Å². The molecule has 102 valence electrons. The molecule has 0 radical (unpaired) electrons. The minimum Gasteiger partial charge on any atom is -0.379 e. The van der Waals surface area contributed by atoms with E-state index in [1.807, 2.05) is 13.1 Å². The van der Waals surface area contributed by atoms with E-state index in [1.165, 1.54) is 6.07 Å². The summed E-state index contributed by atoms with van der Waals surface area (Å²) >= 11 is 0. The molecule has 8 nitrogen and oxygen atoms in total. The minimum absolute atomic E-state index is 0.0404. The second-order valence-electron chi connectivity index (χ2n) is 4.11. The molecule has 8 heteroatoms. The molecule has 0 aliphatic rings. The van der Waals surface area contributed by atoms with Crippen molar-refractivity contribution < 1.29 is 4.92 Å². The average Bonchev–Trinajstić information content (AvgIpc) is 2.84. The lowest BCUT2D eigenvalue weighted by molar-refractivity contribution is -0.384. The van der Waals surface area contributed by atoms with Crippen molar-refractivity contribution in [1.29, 1.82) is 5.26 Å². The van der Waals surface area contributed by atoms with Crippen LogP contribution in [0.3, 0.4) is 0 Å². The van der Waals surface area contributed by atoms with Crippen LogP contribution in [0.5, 0.6) is 0 Å². The normalized spacial score (nSPS) is 10.0. The molecule has 0 fully saturated rings. The van der Waals surface area contributed by atoms with E-state index in [9.17, 15) is 10.1 Å². The second kappa shape index (κ2) is 5.79. The van der Waals surface area contributed by atoms with Crippen LogP contribution in [-0.2, 0) is 13.5 Å². The molecule has 2 aromatic rings. The van der Waals surface area contributed by atoms with Gasteiger partial charge < -0.3 is 9.88 Å². The summed E-state index contributed by atoms with van der Waals surface area (Å²) in [5, 5.41) is 30.6. The lowest BCUT2D eigenvalue weighted by Crippen LogP contribution is -2.10. The topological polar surface area (TPSA) is 110 Å². The van der Waals surface area contributed by atoms with Crippen molar-refractivity contribution >= 4 is 11.4 Å². The van der Waals surface area contributed by atoms with E-state index in [2.05, 4.69) is 15.5 Å². The SMILES string of the molecule is Cn1cnnc1CCNc1cccc(C#N)c1[N+](=O)[O-]. The van der Waals surface area contributed by atoms with Crippen LogP contribution in [-0.4, -0.2) is 26.2 Å². The molecule has 1 aromatic heterocycles. The molecule has 0 bridgehead atoms. The monoisotopic (exact) mass is 272 g/mol. The zero-order valence-corrected chi connectivity index (χ0v) is 10.8. The quantitative estimate of drug-likeness (QED) is 0.648. The summed E-state index contributed by atoms with van der Waals surface area (Å²) in [7, 11) is 1.83. The average molecular weight is 272 g/mol. The summed E-state index contributed by atoms with van der Waals surface area (Å²) in [6.07, 6.45) is 2.17. The molecule has 0 saturated heterocycles. The van der Waals surface area contributed by atoms with Crippen LogP contribution in [0.2, 0.25) is 0 Å². The molecule has 0 aliphatic carbocycles. The highest BCUT2D eigenvalue weighted by Crippen LogP contribution is 2.27. The molecular formula is C12H12N6O2. The number of aromatic nitrogens is 3. The molecule has 1 heterocycles. The zero-order valence-electron chi connectivity index (χ0n) is 10.8. The second-order valence-corrected chi connectivity index (χ2v) is 4.11. The van der Waals surface area contributed by atoms with Gasteiger partial charge in [0.2, 0.25) is 0 Å². The zero-order chi connectivity index (χ0) is 14.5. The third kappa shape index (κ3) is 2.72. The van der Waals surface area contributed by atoms with Crippen LogP contribution in [0, 0.1) is 21.4 Å². The van der Waals surface area contributed by atoms with Crippen LogP contribution in [0.4, 0.5) is 11.4 Å². The van der Waals surface area contributed by atoms with Crippen LogP contribution >= 0.6 is 0 Å². The first-order valence-electron chi connectivity index (χ1n) is 5.87. The van der Waals surface area contributed by atoms with Gasteiger partial charge in [-0.25, -0.2) is 0 Å². The van der Waals surface area contributed by atoms with Gasteiger partial charge in [0, 0.05) is 20.0 Å². The summed E-state index contributed by atoms with van der Waals surface area (Å²) in [6.45, 7) is 0.461. The maximum Gasteiger partial charge on any atom is 0.309 e. The van der Waals surface area contributed by atoms with Gasteiger partial charge in [0.15, 0.2) is 0 Å². The van der Waals surface area contributed by atoms with E-state index in [1.54, 1.807) is 23.0 Å². The summed E-state index contributed by atoms with van der Waals surface area (Å²) < 4.78 is 1.78. The lowest BCUT2D eigenvalue weighted by Gasteiger charge is -2.07. The first kappa shape index (κ1) is 13.5. The maximum atomic E-state index is 11.0. The molecule has 1 N–H and O–H groups in total.